The van der Waals surface area contributed by atoms with Crippen molar-refractivity contribution < 1.29 is 4.79 Å². The van der Waals surface area contributed by atoms with E-state index >= 15 is 0 Å². The molecular weight excluding hydrogens is 164 g/mol. The molecule has 0 radical (unpaired) electrons. The predicted octanol–water partition coefficient (Wildman–Crippen LogP) is 0.902. The summed E-state index contributed by atoms with van der Waals surface area (Å²) in [4.78, 5) is 13.3. The summed E-state index contributed by atoms with van der Waals surface area (Å²) in [5, 5.41) is 0. The molecule has 1 amide bonds. The zero-order valence-corrected chi connectivity index (χ0v) is 8.04. The number of piperidine rings is 1. The maximum absolute atomic E-state index is 11.4. The molecule has 1 heterocycles. The second kappa shape index (κ2) is 5.02. The predicted molar refractivity (Wildman–Crippen MR) is 53.2 cm³/mol. The number of amides is 1. The second-order valence-corrected chi connectivity index (χ2v) is 3.46. The van der Waals surface area contributed by atoms with Crippen LogP contribution in [0.25, 0.3) is 0 Å². The zero-order valence-electron chi connectivity index (χ0n) is 8.04. The summed E-state index contributed by atoms with van der Waals surface area (Å²) in [5.41, 5.74) is 5.50. The molecule has 1 aliphatic heterocycles. The fraction of sp³-hybridized carbons (Fsp3) is 0.700. The number of nitrogens with two attached hydrogens (primary N) is 1. The van der Waals surface area contributed by atoms with Gasteiger partial charge in [-0.25, -0.2) is 0 Å². The zero-order chi connectivity index (χ0) is 9.68. The van der Waals surface area contributed by atoms with Gasteiger partial charge in [0.05, 0.1) is 0 Å². The van der Waals surface area contributed by atoms with E-state index in [1.165, 1.54) is 12.5 Å². The Morgan fingerprint density at radius 2 is 2.38 bits per heavy atom. The van der Waals surface area contributed by atoms with Crippen LogP contribution in [-0.2, 0) is 4.79 Å². The average Bonchev–Trinajstić information content (AvgIpc) is 2.18. The van der Waals surface area contributed by atoms with Crippen molar-refractivity contribution in [1.29, 1.82) is 0 Å². The third-order valence-electron chi connectivity index (χ3n) is 2.58. The van der Waals surface area contributed by atoms with Crippen LogP contribution in [0.2, 0.25) is 0 Å². The van der Waals surface area contributed by atoms with Gasteiger partial charge in [0.1, 0.15) is 0 Å². The van der Waals surface area contributed by atoms with E-state index in [2.05, 4.69) is 6.58 Å². The van der Waals surface area contributed by atoms with Gasteiger partial charge in [0, 0.05) is 12.6 Å². The lowest BCUT2D eigenvalue weighted by atomic mass is 9.99. The summed E-state index contributed by atoms with van der Waals surface area (Å²) in [6, 6.07) is 0.351. The van der Waals surface area contributed by atoms with Crippen LogP contribution >= 0.6 is 0 Å². The Hall–Kier alpha value is -0.830. The van der Waals surface area contributed by atoms with Gasteiger partial charge in [-0.1, -0.05) is 6.58 Å². The van der Waals surface area contributed by atoms with E-state index in [-0.39, 0.29) is 5.91 Å². The molecule has 3 heteroatoms. The number of carbonyl (C=O) groups excluding carboxylic acids is 1. The molecule has 0 spiro atoms. The van der Waals surface area contributed by atoms with Gasteiger partial charge in [0.15, 0.2) is 0 Å². The number of likely N-dealkylation sites (tertiary alicyclic amines) is 1. The Balaban J connectivity index is 2.55. The van der Waals surface area contributed by atoms with E-state index in [4.69, 9.17) is 5.73 Å². The lowest BCUT2D eigenvalue weighted by Crippen LogP contribution is -2.43. The van der Waals surface area contributed by atoms with Crippen LogP contribution in [0.15, 0.2) is 12.7 Å². The third-order valence-corrected chi connectivity index (χ3v) is 2.58. The molecule has 0 aromatic rings. The number of rotatable bonds is 3. The molecule has 1 fully saturated rings. The average molecular weight is 182 g/mol. The summed E-state index contributed by atoms with van der Waals surface area (Å²) in [6.07, 6.45) is 5.73. The van der Waals surface area contributed by atoms with Crippen molar-refractivity contribution in [3.63, 3.8) is 0 Å². The Morgan fingerprint density at radius 3 is 3.00 bits per heavy atom. The monoisotopic (exact) mass is 182 g/mol. The van der Waals surface area contributed by atoms with Crippen molar-refractivity contribution in [2.45, 2.75) is 31.7 Å². The van der Waals surface area contributed by atoms with Crippen molar-refractivity contribution in [3.05, 3.63) is 12.7 Å². The molecule has 1 rings (SSSR count). The fourth-order valence-electron chi connectivity index (χ4n) is 1.90. The lowest BCUT2D eigenvalue weighted by Gasteiger charge is -2.34. The molecule has 1 aliphatic rings. The summed E-state index contributed by atoms with van der Waals surface area (Å²) in [5.74, 6) is 0.0538. The highest BCUT2D eigenvalue weighted by molar-refractivity contribution is 5.87. The minimum atomic E-state index is 0.0538. The minimum absolute atomic E-state index is 0.0538. The number of nitrogens with zero attached hydrogens (tertiary/aromatic N) is 1. The molecule has 13 heavy (non-hydrogen) atoms. The third kappa shape index (κ3) is 2.56. The molecule has 3 nitrogen and oxygen atoms in total. The highest BCUT2D eigenvalue weighted by Gasteiger charge is 2.23. The molecular formula is C10H18N2O. The van der Waals surface area contributed by atoms with E-state index in [1.54, 1.807) is 0 Å². The van der Waals surface area contributed by atoms with Crippen molar-refractivity contribution in [1.82, 2.24) is 4.90 Å². The van der Waals surface area contributed by atoms with Crippen molar-refractivity contribution in [2.75, 3.05) is 13.1 Å². The van der Waals surface area contributed by atoms with Crippen LogP contribution in [0.4, 0.5) is 0 Å². The SMILES string of the molecule is C=CC(=O)N1CCCCC1CCN. The first-order valence-electron chi connectivity index (χ1n) is 4.92. The Bertz CT molecular complexity index is 189. The van der Waals surface area contributed by atoms with Crippen LogP contribution < -0.4 is 5.73 Å². The number of hydrogen-bond acceptors (Lipinski definition) is 2. The van der Waals surface area contributed by atoms with Crippen LogP contribution in [0.3, 0.4) is 0 Å². The maximum Gasteiger partial charge on any atom is 0.246 e. The first-order chi connectivity index (χ1) is 6.29. The quantitative estimate of drug-likeness (QED) is 0.659. The summed E-state index contributed by atoms with van der Waals surface area (Å²) in [7, 11) is 0. The van der Waals surface area contributed by atoms with Gasteiger partial charge in [-0.2, -0.15) is 0 Å². The molecule has 1 unspecified atom stereocenters. The summed E-state index contributed by atoms with van der Waals surface area (Å²) in [6.45, 7) is 5.04. The van der Waals surface area contributed by atoms with Gasteiger partial charge in [-0.15, -0.1) is 0 Å². The highest BCUT2D eigenvalue weighted by atomic mass is 16.2. The molecule has 1 saturated heterocycles. The Labute approximate surface area is 79.6 Å². The van der Waals surface area contributed by atoms with Gasteiger partial charge in [-0.05, 0) is 38.3 Å². The van der Waals surface area contributed by atoms with Crippen LogP contribution in [0.1, 0.15) is 25.7 Å². The number of carbonyl (C=O) groups is 1. The van der Waals surface area contributed by atoms with Gasteiger partial charge < -0.3 is 10.6 Å². The standard InChI is InChI=1S/C10H18N2O/c1-2-10(13)12-8-4-3-5-9(12)6-7-11/h2,9H,1,3-8,11H2. The fourth-order valence-corrected chi connectivity index (χ4v) is 1.90. The topological polar surface area (TPSA) is 46.3 Å². The van der Waals surface area contributed by atoms with Crippen LogP contribution in [0.5, 0.6) is 0 Å². The largest absolute Gasteiger partial charge is 0.336 e. The summed E-state index contributed by atoms with van der Waals surface area (Å²) >= 11 is 0. The van der Waals surface area contributed by atoms with Gasteiger partial charge in [-0.3, -0.25) is 4.79 Å². The molecule has 2 N–H and O–H groups in total. The van der Waals surface area contributed by atoms with Crippen LogP contribution in [0, 0.1) is 0 Å². The normalized spacial score (nSPS) is 22.8. The van der Waals surface area contributed by atoms with E-state index in [0.29, 0.717) is 12.6 Å². The van der Waals surface area contributed by atoms with E-state index in [1.807, 2.05) is 4.90 Å². The van der Waals surface area contributed by atoms with Crippen molar-refractivity contribution in [3.8, 4) is 0 Å². The van der Waals surface area contributed by atoms with Crippen LogP contribution in [-0.4, -0.2) is 29.9 Å². The van der Waals surface area contributed by atoms with Crippen molar-refractivity contribution >= 4 is 5.91 Å². The van der Waals surface area contributed by atoms with Gasteiger partial charge in [0.2, 0.25) is 5.91 Å². The highest BCUT2D eigenvalue weighted by Crippen LogP contribution is 2.19. The van der Waals surface area contributed by atoms with Gasteiger partial charge in [0.25, 0.3) is 0 Å². The first kappa shape index (κ1) is 10.3. The molecule has 0 aliphatic carbocycles. The number of hydrogen-bond donors (Lipinski definition) is 1. The van der Waals surface area contributed by atoms with Crippen molar-refractivity contribution in [2.24, 2.45) is 5.73 Å². The molecule has 0 aromatic heterocycles. The molecule has 0 saturated carbocycles. The minimum Gasteiger partial charge on any atom is -0.336 e. The van der Waals surface area contributed by atoms with Gasteiger partial charge >= 0.3 is 0 Å². The van der Waals surface area contributed by atoms with E-state index in [9.17, 15) is 4.79 Å². The summed E-state index contributed by atoms with van der Waals surface area (Å²) < 4.78 is 0. The van der Waals surface area contributed by atoms with E-state index < -0.39 is 0 Å². The lowest BCUT2D eigenvalue weighted by molar-refractivity contribution is -0.129. The smallest absolute Gasteiger partial charge is 0.246 e. The maximum atomic E-state index is 11.4. The second-order valence-electron chi connectivity index (χ2n) is 3.46. The van der Waals surface area contributed by atoms with E-state index in [0.717, 1.165) is 25.8 Å². The Morgan fingerprint density at radius 1 is 1.62 bits per heavy atom. The first-order valence-corrected chi connectivity index (χ1v) is 4.92. The molecule has 0 bridgehead atoms. The molecule has 74 valence electrons. The molecule has 1 atom stereocenters. The molecule has 0 aromatic carbocycles. The Kier molecular flexibility index (Phi) is 3.96.